The number of fused-ring (bicyclic) bond motifs is 2. The van der Waals surface area contributed by atoms with Crippen LogP contribution < -0.4 is 0 Å². The minimum Gasteiger partial charge on any atom is -0.212 e. The molecule has 2 aliphatic carbocycles. The lowest BCUT2D eigenvalue weighted by molar-refractivity contribution is 0.325. The molecule has 0 saturated heterocycles. The number of halogens is 1. The molecule has 76 valence electrons. The molecule has 2 rings (SSSR count). The summed E-state index contributed by atoms with van der Waals surface area (Å²) in [7, 11) is 1.93. The lowest BCUT2D eigenvalue weighted by Gasteiger charge is -2.20. The second-order valence-corrected chi connectivity index (χ2v) is 7.36. The van der Waals surface area contributed by atoms with Crippen molar-refractivity contribution >= 4 is 19.7 Å². The van der Waals surface area contributed by atoms with Gasteiger partial charge in [-0.3, -0.25) is 0 Å². The lowest BCUT2D eigenvalue weighted by Crippen LogP contribution is -2.13. The van der Waals surface area contributed by atoms with Gasteiger partial charge in [-0.15, -0.1) is 0 Å². The van der Waals surface area contributed by atoms with Crippen molar-refractivity contribution < 1.29 is 8.42 Å². The topological polar surface area (TPSA) is 34.1 Å². The predicted octanol–water partition coefficient (Wildman–Crippen LogP) is 2.38. The maximum atomic E-state index is 10.8. The second kappa shape index (κ2) is 3.43. The van der Waals surface area contributed by atoms with Crippen molar-refractivity contribution in [2.24, 2.45) is 17.8 Å². The van der Waals surface area contributed by atoms with E-state index >= 15 is 0 Å². The van der Waals surface area contributed by atoms with Crippen molar-refractivity contribution in [3.63, 3.8) is 0 Å². The summed E-state index contributed by atoms with van der Waals surface area (Å²) >= 11 is 0. The molecule has 0 aromatic heterocycles. The molecule has 0 aromatic carbocycles. The molecular formula is C9H15ClO2S. The summed E-state index contributed by atoms with van der Waals surface area (Å²) in [6, 6.07) is 0. The molecule has 3 atom stereocenters. The highest BCUT2D eigenvalue weighted by Crippen LogP contribution is 2.49. The van der Waals surface area contributed by atoms with Gasteiger partial charge in [0.2, 0.25) is 9.05 Å². The molecule has 2 fully saturated rings. The van der Waals surface area contributed by atoms with Crippen molar-refractivity contribution in [1.82, 2.24) is 0 Å². The zero-order valence-electron chi connectivity index (χ0n) is 7.58. The highest BCUT2D eigenvalue weighted by Gasteiger charge is 2.39. The Hall–Kier alpha value is 0.240. The fourth-order valence-corrected chi connectivity index (χ4v) is 3.87. The van der Waals surface area contributed by atoms with E-state index in [-0.39, 0.29) is 5.75 Å². The predicted molar refractivity (Wildman–Crippen MR) is 53.2 cm³/mol. The Morgan fingerprint density at radius 3 is 2.46 bits per heavy atom. The van der Waals surface area contributed by atoms with Gasteiger partial charge in [-0.05, 0) is 43.4 Å². The van der Waals surface area contributed by atoms with Gasteiger partial charge < -0.3 is 0 Å². The van der Waals surface area contributed by atoms with E-state index in [0.29, 0.717) is 5.92 Å². The molecular weight excluding hydrogens is 208 g/mol. The summed E-state index contributed by atoms with van der Waals surface area (Å²) in [5, 5.41) is 0. The van der Waals surface area contributed by atoms with Gasteiger partial charge in [0.25, 0.3) is 0 Å². The first-order chi connectivity index (χ1) is 6.04. The van der Waals surface area contributed by atoms with Crippen LogP contribution in [0, 0.1) is 17.8 Å². The molecule has 2 aliphatic rings. The summed E-state index contributed by atoms with van der Waals surface area (Å²) in [6.07, 6.45) is 6.06. The molecule has 13 heavy (non-hydrogen) atoms. The van der Waals surface area contributed by atoms with E-state index in [1.54, 1.807) is 0 Å². The Balaban J connectivity index is 1.84. The van der Waals surface area contributed by atoms with Gasteiger partial charge >= 0.3 is 0 Å². The average molecular weight is 223 g/mol. The molecule has 2 saturated carbocycles. The Kier molecular flexibility index (Phi) is 2.58. The van der Waals surface area contributed by atoms with Crippen LogP contribution in [0.15, 0.2) is 0 Å². The Morgan fingerprint density at radius 1 is 1.23 bits per heavy atom. The molecule has 0 aliphatic heterocycles. The van der Waals surface area contributed by atoms with Crippen LogP contribution in [-0.2, 0) is 9.05 Å². The Labute approximate surface area is 84.1 Å². The van der Waals surface area contributed by atoms with Crippen molar-refractivity contribution in [3.8, 4) is 0 Å². The van der Waals surface area contributed by atoms with Crippen LogP contribution in [0.4, 0.5) is 0 Å². The van der Waals surface area contributed by atoms with Crippen LogP contribution in [-0.4, -0.2) is 14.2 Å². The second-order valence-electron chi connectivity index (χ2n) is 4.47. The standard InChI is InChI=1S/C9H15ClO2S/c10-13(11,12)4-3-9-6-7-1-2-8(9)5-7/h7-9H,1-6H2. The molecule has 3 unspecified atom stereocenters. The van der Waals surface area contributed by atoms with Gasteiger partial charge in [-0.1, -0.05) is 6.42 Å². The maximum absolute atomic E-state index is 10.8. The van der Waals surface area contributed by atoms with Crippen molar-refractivity contribution in [2.45, 2.75) is 32.1 Å². The van der Waals surface area contributed by atoms with Gasteiger partial charge in [0.05, 0.1) is 5.75 Å². The van der Waals surface area contributed by atoms with Gasteiger partial charge in [0, 0.05) is 10.7 Å². The summed E-state index contributed by atoms with van der Waals surface area (Å²) in [4.78, 5) is 0. The van der Waals surface area contributed by atoms with Crippen LogP contribution in [0.3, 0.4) is 0 Å². The van der Waals surface area contributed by atoms with Gasteiger partial charge in [0.1, 0.15) is 0 Å². The highest BCUT2D eigenvalue weighted by molar-refractivity contribution is 8.13. The monoisotopic (exact) mass is 222 g/mol. The minimum absolute atomic E-state index is 0.169. The molecule has 2 nitrogen and oxygen atoms in total. The molecule has 0 amide bonds. The van der Waals surface area contributed by atoms with E-state index in [0.717, 1.165) is 18.3 Å². The van der Waals surface area contributed by atoms with E-state index in [9.17, 15) is 8.42 Å². The molecule has 4 heteroatoms. The van der Waals surface area contributed by atoms with Gasteiger partial charge in [0.15, 0.2) is 0 Å². The summed E-state index contributed by atoms with van der Waals surface area (Å²) < 4.78 is 21.5. The summed E-state index contributed by atoms with van der Waals surface area (Å²) in [5.41, 5.74) is 0. The van der Waals surface area contributed by atoms with Crippen LogP contribution in [0.1, 0.15) is 32.1 Å². The molecule has 0 aromatic rings. The Morgan fingerprint density at radius 2 is 2.00 bits per heavy atom. The van der Waals surface area contributed by atoms with Crippen LogP contribution in [0.25, 0.3) is 0 Å². The SMILES string of the molecule is O=S(=O)(Cl)CCC1CC2CCC1C2. The number of hydrogen-bond donors (Lipinski definition) is 0. The normalized spacial score (nSPS) is 38.4. The largest absolute Gasteiger partial charge is 0.232 e. The fraction of sp³-hybridized carbons (Fsp3) is 1.00. The first-order valence-electron chi connectivity index (χ1n) is 4.97. The third-order valence-electron chi connectivity index (χ3n) is 3.62. The quantitative estimate of drug-likeness (QED) is 0.688. The molecule has 0 spiro atoms. The fourth-order valence-electron chi connectivity index (χ4n) is 3.02. The van der Waals surface area contributed by atoms with E-state index in [1.807, 2.05) is 0 Å². The van der Waals surface area contributed by atoms with E-state index in [4.69, 9.17) is 10.7 Å². The third-order valence-corrected chi connectivity index (χ3v) is 4.80. The van der Waals surface area contributed by atoms with Crippen LogP contribution >= 0.6 is 10.7 Å². The lowest BCUT2D eigenvalue weighted by atomic mass is 9.87. The zero-order chi connectivity index (χ0) is 9.47. The van der Waals surface area contributed by atoms with Crippen molar-refractivity contribution in [2.75, 3.05) is 5.75 Å². The summed E-state index contributed by atoms with van der Waals surface area (Å²) in [5.74, 6) is 2.52. The average Bonchev–Trinajstić information content (AvgIpc) is 2.58. The maximum Gasteiger partial charge on any atom is 0.232 e. The minimum atomic E-state index is -3.26. The molecule has 0 radical (unpaired) electrons. The van der Waals surface area contributed by atoms with Crippen LogP contribution in [0.2, 0.25) is 0 Å². The molecule has 2 bridgehead atoms. The van der Waals surface area contributed by atoms with E-state index < -0.39 is 9.05 Å². The first-order valence-corrected chi connectivity index (χ1v) is 7.45. The first kappa shape index (κ1) is 9.78. The number of hydrogen-bond acceptors (Lipinski definition) is 2. The van der Waals surface area contributed by atoms with Crippen molar-refractivity contribution in [3.05, 3.63) is 0 Å². The van der Waals surface area contributed by atoms with E-state index in [2.05, 4.69) is 0 Å². The number of rotatable bonds is 3. The van der Waals surface area contributed by atoms with Gasteiger partial charge in [-0.2, -0.15) is 0 Å². The zero-order valence-corrected chi connectivity index (χ0v) is 9.15. The van der Waals surface area contributed by atoms with Crippen molar-refractivity contribution in [1.29, 1.82) is 0 Å². The summed E-state index contributed by atoms with van der Waals surface area (Å²) in [6.45, 7) is 0. The molecule has 0 N–H and O–H groups in total. The van der Waals surface area contributed by atoms with Crippen LogP contribution in [0.5, 0.6) is 0 Å². The Bertz CT molecular complexity index is 286. The highest BCUT2D eigenvalue weighted by atomic mass is 35.7. The smallest absolute Gasteiger partial charge is 0.212 e. The van der Waals surface area contributed by atoms with Gasteiger partial charge in [-0.25, -0.2) is 8.42 Å². The van der Waals surface area contributed by atoms with E-state index in [1.165, 1.54) is 25.7 Å². The third kappa shape index (κ3) is 2.38. The molecule has 0 heterocycles.